The Hall–Kier alpha value is -1.42. The summed E-state index contributed by atoms with van der Waals surface area (Å²) in [5.74, 6) is 0.559. The maximum absolute atomic E-state index is 11.5. The molecule has 1 heterocycles. The van der Waals surface area contributed by atoms with Gasteiger partial charge < -0.3 is 14.2 Å². The van der Waals surface area contributed by atoms with Crippen LogP contribution in [0.2, 0.25) is 5.02 Å². The molecule has 0 radical (unpaired) electrons. The van der Waals surface area contributed by atoms with Gasteiger partial charge in [0.2, 0.25) is 0 Å². The molecule has 2 rings (SSSR count). The topological polar surface area (TPSA) is 44.8 Å². The normalized spacial score (nSPS) is 13.4. The average molecular weight is 243 g/mol. The number of rotatable bonds is 2. The lowest BCUT2D eigenvalue weighted by Crippen LogP contribution is -2.16. The van der Waals surface area contributed by atoms with Crippen LogP contribution in [-0.2, 0) is 4.74 Å². The van der Waals surface area contributed by atoms with Crippen molar-refractivity contribution in [2.45, 2.75) is 6.92 Å². The van der Waals surface area contributed by atoms with Gasteiger partial charge in [0.1, 0.15) is 13.2 Å². The van der Waals surface area contributed by atoms with Gasteiger partial charge in [-0.1, -0.05) is 11.6 Å². The van der Waals surface area contributed by atoms with Crippen molar-refractivity contribution >= 4 is 17.6 Å². The fourth-order valence-corrected chi connectivity index (χ4v) is 1.71. The third kappa shape index (κ3) is 2.07. The van der Waals surface area contributed by atoms with Crippen LogP contribution < -0.4 is 9.47 Å². The molecule has 0 fully saturated rings. The van der Waals surface area contributed by atoms with E-state index in [0.29, 0.717) is 41.9 Å². The Morgan fingerprint density at radius 3 is 2.94 bits per heavy atom. The first kappa shape index (κ1) is 11.1. The molecule has 0 spiro atoms. The summed E-state index contributed by atoms with van der Waals surface area (Å²) in [6, 6.07) is 3.10. The molecular formula is C11H11ClO4. The molecule has 5 heteroatoms. The molecule has 1 aliphatic heterocycles. The Labute approximate surface area is 98.1 Å². The second-order valence-electron chi connectivity index (χ2n) is 3.20. The molecule has 0 saturated heterocycles. The minimum absolute atomic E-state index is 0.324. The number of carbonyl (C=O) groups excluding carboxylic acids is 1. The number of hydrogen-bond acceptors (Lipinski definition) is 4. The first-order valence-electron chi connectivity index (χ1n) is 4.98. The van der Waals surface area contributed by atoms with Gasteiger partial charge in [-0.2, -0.15) is 0 Å². The second-order valence-corrected chi connectivity index (χ2v) is 3.61. The summed E-state index contributed by atoms with van der Waals surface area (Å²) in [6.07, 6.45) is 0. The van der Waals surface area contributed by atoms with Gasteiger partial charge in [-0.3, -0.25) is 0 Å². The van der Waals surface area contributed by atoms with Crippen LogP contribution in [0.25, 0.3) is 0 Å². The number of halogens is 1. The van der Waals surface area contributed by atoms with Crippen LogP contribution in [0.4, 0.5) is 0 Å². The number of ether oxygens (including phenoxy) is 3. The van der Waals surface area contributed by atoms with E-state index in [-0.39, 0.29) is 0 Å². The molecule has 1 aromatic rings. The maximum atomic E-state index is 11.5. The number of esters is 1. The van der Waals surface area contributed by atoms with Crippen molar-refractivity contribution in [2.24, 2.45) is 0 Å². The van der Waals surface area contributed by atoms with Crippen LogP contribution in [0.15, 0.2) is 12.1 Å². The summed E-state index contributed by atoms with van der Waals surface area (Å²) >= 11 is 5.98. The number of hydrogen-bond donors (Lipinski definition) is 0. The largest absolute Gasteiger partial charge is 0.486 e. The van der Waals surface area contributed by atoms with Crippen molar-refractivity contribution in [3.05, 3.63) is 22.7 Å². The van der Waals surface area contributed by atoms with Crippen molar-refractivity contribution in [1.29, 1.82) is 0 Å². The molecule has 86 valence electrons. The van der Waals surface area contributed by atoms with Gasteiger partial charge in [0.25, 0.3) is 0 Å². The van der Waals surface area contributed by atoms with Crippen molar-refractivity contribution < 1.29 is 19.0 Å². The first-order valence-corrected chi connectivity index (χ1v) is 5.36. The van der Waals surface area contributed by atoms with Crippen molar-refractivity contribution in [3.8, 4) is 11.5 Å². The SMILES string of the molecule is CCOC(=O)c1cc(Cl)c2c(c1)OCCO2. The highest BCUT2D eigenvalue weighted by molar-refractivity contribution is 6.32. The van der Waals surface area contributed by atoms with Gasteiger partial charge in [0.05, 0.1) is 17.2 Å². The molecule has 16 heavy (non-hydrogen) atoms. The van der Waals surface area contributed by atoms with Crippen molar-refractivity contribution in [2.75, 3.05) is 19.8 Å². The fourth-order valence-electron chi connectivity index (χ4n) is 1.44. The van der Waals surface area contributed by atoms with Crippen LogP contribution in [0, 0.1) is 0 Å². The molecule has 0 bridgehead atoms. The molecule has 0 amide bonds. The Morgan fingerprint density at radius 1 is 1.44 bits per heavy atom. The summed E-state index contributed by atoms with van der Waals surface area (Å²) in [6.45, 7) is 2.99. The monoisotopic (exact) mass is 242 g/mol. The standard InChI is InChI=1S/C11H11ClO4/c1-2-14-11(13)7-5-8(12)10-9(6-7)15-3-4-16-10/h5-6H,2-4H2,1H3. The van der Waals surface area contributed by atoms with E-state index in [9.17, 15) is 4.79 Å². The van der Waals surface area contributed by atoms with Crippen molar-refractivity contribution in [1.82, 2.24) is 0 Å². The highest BCUT2D eigenvalue weighted by Gasteiger charge is 2.19. The predicted molar refractivity (Wildman–Crippen MR) is 58.4 cm³/mol. The summed E-state index contributed by atoms with van der Waals surface area (Å²) in [4.78, 5) is 11.5. The lowest BCUT2D eigenvalue weighted by molar-refractivity contribution is 0.0525. The third-order valence-electron chi connectivity index (χ3n) is 2.11. The third-order valence-corrected chi connectivity index (χ3v) is 2.39. The Morgan fingerprint density at radius 2 is 2.19 bits per heavy atom. The zero-order valence-corrected chi connectivity index (χ0v) is 9.54. The number of carbonyl (C=O) groups is 1. The smallest absolute Gasteiger partial charge is 0.338 e. The Kier molecular flexibility index (Phi) is 3.19. The lowest BCUT2D eigenvalue weighted by Gasteiger charge is -2.19. The van der Waals surface area contributed by atoms with E-state index in [2.05, 4.69) is 0 Å². The predicted octanol–water partition coefficient (Wildman–Crippen LogP) is 2.29. The Bertz CT molecular complexity index is 417. The zero-order valence-electron chi connectivity index (χ0n) is 8.79. The van der Waals surface area contributed by atoms with Crippen LogP contribution in [0.5, 0.6) is 11.5 Å². The molecule has 1 aromatic carbocycles. The summed E-state index contributed by atoms with van der Waals surface area (Å²) in [5, 5.41) is 0.361. The van der Waals surface area contributed by atoms with Crippen LogP contribution in [0.3, 0.4) is 0 Å². The molecule has 0 aromatic heterocycles. The molecule has 0 N–H and O–H groups in total. The molecular weight excluding hydrogens is 232 g/mol. The quantitative estimate of drug-likeness (QED) is 0.747. The molecule has 0 aliphatic carbocycles. The minimum atomic E-state index is -0.415. The Balaban J connectivity index is 2.35. The minimum Gasteiger partial charge on any atom is -0.486 e. The van der Waals surface area contributed by atoms with E-state index in [1.165, 1.54) is 6.07 Å². The van der Waals surface area contributed by atoms with E-state index in [1.807, 2.05) is 0 Å². The van der Waals surface area contributed by atoms with Gasteiger partial charge in [0.15, 0.2) is 11.5 Å². The van der Waals surface area contributed by atoms with Gasteiger partial charge in [-0.05, 0) is 19.1 Å². The zero-order chi connectivity index (χ0) is 11.5. The molecule has 1 aliphatic rings. The van der Waals surface area contributed by atoms with Crippen LogP contribution >= 0.6 is 11.6 Å². The highest BCUT2D eigenvalue weighted by Crippen LogP contribution is 2.38. The number of fused-ring (bicyclic) bond motifs is 1. The average Bonchev–Trinajstić information content (AvgIpc) is 2.29. The molecule has 0 unspecified atom stereocenters. The second kappa shape index (κ2) is 4.61. The number of benzene rings is 1. The van der Waals surface area contributed by atoms with E-state index in [4.69, 9.17) is 25.8 Å². The van der Waals surface area contributed by atoms with Gasteiger partial charge in [-0.25, -0.2) is 4.79 Å². The fraction of sp³-hybridized carbons (Fsp3) is 0.364. The van der Waals surface area contributed by atoms with E-state index < -0.39 is 5.97 Å². The van der Waals surface area contributed by atoms with E-state index in [1.54, 1.807) is 13.0 Å². The van der Waals surface area contributed by atoms with Gasteiger partial charge in [0, 0.05) is 0 Å². The van der Waals surface area contributed by atoms with Gasteiger partial charge in [-0.15, -0.1) is 0 Å². The molecule has 4 nitrogen and oxygen atoms in total. The first-order chi connectivity index (χ1) is 7.72. The van der Waals surface area contributed by atoms with Crippen LogP contribution in [0.1, 0.15) is 17.3 Å². The summed E-state index contributed by atoms with van der Waals surface area (Å²) in [5.41, 5.74) is 0.371. The highest BCUT2D eigenvalue weighted by atomic mass is 35.5. The van der Waals surface area contributed by atoms with E-state index in [0.717, 1.165) is 0 Å². The summed E-state index contributed by atoms with van der Waals surface area (Å²) < 4.78 is 15.6. The maximum Gasteiger partial charge on any atom is 0.338 e. The van der Waals surface area contributed by atoms with Gasteiger partial charge >= 0.3 is 5.97 Å². The van der Waals surface area contributed by atoms with Crippen LogP contribution in [-0.4, -0.2) is 25.8 Å². The lowest BCUT2D eigenvalue weighted by atomic mass is 10.2. The summed E-state index contributed by atoms with van der Waals surface area (Å²) in [7, 11) is 0. The molecule has 0 atom stereocenters. The van der Waals surface area contributed by atoms with Crippen molar-refractivity contribution in [3.63, 3.8) is 0 Å². The molecule has 0 saturated carbocycles. The van der Waals surface area contributed by atoms with E-state index >= 15 is 0 Å².